The van der Waals surface area contributed by atoms with E-state index in [1.807, 2.05) is 13.0 Å². The van der Waals surface area contributed by atoms with E-state index in [-0.39, 0.29) is 12.3 Å². The van der Waals surface area contributed by atoms with Gasteiger partial charge in [0, 0.05) is 10.9 Å². The smallest absolute Gasteiger partial charge is 0.310 e. The first-order valence-corrected chi connectivity index (χ1v) is 7.72. The summed E-state index contributed by atoms with van der Waals surface area (Å²) in [5.74, 6) is -0.605. The van der Waals surface area contributed by atoms with Gasteiger partial charge in [0.1, 0.15) is 5.75 Å². The van der Waals surface area contributed by atoms with Crippen molar-refractivity contribution < 1.29 is 19.4 Å². The van der Waals surface area contributed by atoms with E-state index in [0.717, 1.165) is 10.9 Å². The van der Waals surface area contributed by atoms with Crippen molar-refractivity contribution in [1.29, 1.82) is 0 Å². The number of carbonyl (C=O) groups excluding carboxylic acids is 1. The lowest BCUT2D eigenvalue weighted by Gasteiger charge is -2.36. The third-order valence-corrected chi connectivity index (χ3v) is 4.27. The largest absolute Gasteiger partial charge is 0.492 e. The molecule has 21 heavy (non-hydrogen) atoms. The maximum absolute atomic E-state index is 12.1. The Bertz CT molecular complexity index is 555. The lowest BCUT2D eigenvalue weighted by atomic mass is 9.66. The number of benzene rings is 1. The molecule has 1 aliphatic carbocycles. The summed E-state index contributed by atoms with van der Waals surface area (Å²) in [6, 6.07) is 5.34. The zero-order valence-corrected chi connectivity index (χ0v) is 13.4. The third-order valence-electron chi connectivity index (χ3n) is 3.78. The third kappa shape index (κ3) is 3.56. The normalized spacial score (nSPS) is 15.9. The molecule has 0 atom stereocenters. The fraction of sp³-hybridized carbons (Fsp3) is 0.467. The molecule has 1 saturated carbocycles. The highest BCUT2D eigenvalue weighted by Gasteiger charge is 2.45. The van der Waals surface area contributed by atoms with E-state index >= 15 is 0 Å². The molecular formula is C15H18BrNO4. The standard InChI is InChI=1S/C15H18BrNO4/c1-2-21-12-5-4-10(16)8-11(12)17-13(18)9-15(14(19)20)6-3-7-15/h4-5,8H,2-3,6-7,9H2,1H3,(H,17,18)(H,19,20). The van der Waals surface area contributed by atoms with Crippen LogP contribution in [0, 0.1) is 5.41 Å². The average Bonchev–Trinajstić information content (AvgIpc) is 2.37. The van der Waals surface area contributed by atoms with E-state index in [9.17, 15) is 14.7 Å². The quantitative estimate of drug-likeness (QED) is 0.819. The number of ether oxygens (including phenoxy) is 1. The lowest BCUT2D eigenvalue weighted by Crippen LogP contribution is -2.41. The Balaban J connectivity index is 2.09. The molecule has 1 aromatic carbocycles. The average molecular weight is 356 g/mol. The van der Waals surface area contributed by atoms with Crippen LogP contribution in [0.15, 0.2) is 22.7 Å². The first kappa shape index (κ1) is 15.8. The summed E-state index contributed by atoms with van der Waals surface area (Å²) in [5, 5.41) is 12.0. The number of aliphatic carboxylic acids is 1. The predicted octanol–water partition coefficient (Wildman–Crippen LogP) is 3.43. The van der Waals surface area contributed by atoms with Crippen LogP contribution < -0.4 is 10.1 Å². The van der Waals surface area contributed by atoms with Gasteiger partial charge in [-0.1, -0.05) is 22.4 Å². The molecule has 0 heterocycles. The molecule has 114 valence electrons. The number of carboxylic acids is 1. The van der Waals surface area contributed by atoms with Gasteiger partial charge in [-0.25, -0.2) is 0 Å². The lowest BCUT2D eigenvalue weighted by molar-refractivity contribution is -0.157. The number of carbonyl (C=O) groups is 2. The van der Waals surface area contributed by atoms with Gasteiger partial charge in [-0.2, -0.15) is 0 Å². The van der Waals surface area contributed by atoms with Gasteiger partial charge in [-0.3, -0.25) is 9.59 Å². The molecule has 0 radical (unpaired) electrons. The second-order valence-electron chi connectivity index (χ2n) is 5.24. The van der Waals surface area contributed by atoms with Crippen molar-refractivity contribution in [3.63, 3.8) is 0 Å². The van der Waals surface area contributed by atoms with Gasteiger partial charge in [0.2, 0.25) is 5.91 Å². The van der Waals surface area contributed by atoms with Gasteiger partial charge in [-0.05, 0) is 38.0 Å². The molecule has 0 spiro atoms. The summed E-state index contributed by atoms with van der Waals surface area (Å²) < 4.78 is 6.28. The van der Waals surface area contributed by atoms with Gasteiger partial charge < -0.3 is 15.2 Å². The van der Waals surface area contributed by atoms with E-state index in [1.54, 1.807) is 12.1 Å². The molecule has 0 saturated heterocycles. The second kappa shape index (κ2) is 6.47. The summed E-state index contributed by atoms with van der Waals surface area (Å²) in [6.07, 6.45) is 1.99. The molecule has 1 fully saturated rings. The number of halogens is 1. The molecule has 5 nitrogen and oxygen atoms in total. The van der Waals surface area contributed by atoms with Crippen LogP contribution in [0.5, 0.6) is 5.75 Å². The minimum atomic E-state index is -0.887. The Morgan fingerprint density at radius 1 is 1.43 bits per heavy atom. The molecule has 0 bridgehead atoms. The van der Waals surface area contributed by atoms with Gasteiger partial charge >= 0.3 is 5.97 Å². The first-order valence-electron chi connectivity index (χ1n) is 6.92. The zero-order chi connectivity index (χ0) is 15.5. The maximum Gasteiger partial charge on any atom is 0.310 e. The topological polar surface area (TPSA) is 75.6 Å². The number of carboxylic acid groups (broad SMARTS) is 1. The van der Waals surface area contributed by atoms with Crippen LogP contribution in [-0.4, -0.2) is 23.6 Å². The number of rotatable bonds is 6. The molecule has 2 rings (SSSR count). The summed E-state index contributed by atoms with van der Waals surface area (Å²) in [5.41, 5.74) is -0.335. The number of amides is 1. The van der Waals surface area contributed by atoms with Crippen molar-refractivity contribution >= 4 is 33.5 Å². The predicted molar refractivity (Wildman–Crippen MR) is 82.5 cm³/mol. The molecule has 0 aromatic heterocycles. The van der Waals surface area contributed by atoms with Crippen LogP contribution in [0.1, 0.15) is 32.6 Å². The molecule has 1 amide bonds. The van der Waals surface area contributed by atoms with E-state index < -0.39 is 11.4 Å². The molecule has 1 aromatic rings. The summed E-state index contributed by atoms with van der Waals surface area (Å²) >= 11 is 3.35. The fourth-order valence-electron chi connectivity index (χ4n) is 2.45. The highest BCUT2D eigenvalue weighted by molar-refractivity contribution is 9.10. The molecule has 0 aliphatic heterocycles. The van der Waals surface area contributed by atoms with Crippen molar-refractivity contribution in [1.82, 2.24) is 0 Å². The van der Waals surface area contributed by atoms with E-state index in [1.165, 1.54) is 0 Å². The Hall–Kier alpha value is -1.56. The van der Waals surface area contributed by atoms with Crippen LogP contribution in [-0.2, 0) is 9.59 Å². The van der Waals surface area contributed by atoms with Crippen molar-refractivity contribution in [2.75, 3.05) is 11.9 Å². The van der Waals surface area contributed by atoms with Crippen molar-refractivity contribution in [2.24, 2.45) is 5.41 Å². The summed E-state index contributed by atoms with van der Waals surface area (Å²) in [4.78, 5) is 23.5. The minimum Gasteiger partial charge on any atom is -0.492 e. The van der Waals surface area contributed by atoms with Crippen LogP contribution in [0.2, 0.25) is 0 Å². The van der Waals surface area contributed by atoms with Crippen LogP contribution in [0.3, 0.4) is 0 Å². The highest BCUT2D eigenvalue weighted by Crippen LogP contribution is 2.44. The van der Waals surface area contributed by atoms with Crippen LogP contribution >= 0.6 is 15.9 Å². The van der Waals surface area contributed by atoms with Crippen LogP contribution in [0.4, 0.5) is 5.69 Å². The van der Waals surface area contributed by atoms with Gasteiger partial charge in [0.15, 0.2) is 0 Å². The summed E-state index contributed by atoms with van der Waals surface area (Å²) in [7, 11) is 0. The summed E-state index contributed by atoms with van der Waals surface area (Å²) in [6.45, 7) is 2.35. The van der Waals surface area contributed by atoms with Gasteiger partial charge in [0.05, 0.1) is 17.7 Å². The SMILES string of the molecule is CCOc1ccc(Br)cc1NC(=O)CC1(C(=O)O)CCC1. The van der Waals surface area contributed by atoms with E-state index in [4.69, 9.17) is 4.74 Å². The van der Waals surface area contributed by atoms with Crippen molar-refractivity contribution in [2.45, 2.75) is 32.6 Å². The number of nitrogens with one attached hydrogen (secondary N) is 1. The molecular weight excluding hydrogens is 338 g/mol. The number of anilines is 1. The Morgan fingerprint density at radius 2 is 2.14 bits per heavy atom. The van der Waals surface area contributed by atoms with Crippen LogP contribution in [0.25, 0.3) is 0 Å². The second-order valence-corrected chi connectivity index (χ2v) is 6.15. The Kier molecular flexibility index (Phi) is 4.88. The highest BCUT2D eigenvalue weighted by atomic mass is 79.9. The van der Waals surface area contributed by atoms with Crippen molar-refractivity contribution in [3.05, 3.63) is 22.7 Å². The molecule has 2 N–H and O–H groups in total. The molecule has 1 aliphatic rings. The number of hydrogen-bond acceptors (Lipinski definition) is 3. The van der Waals surface area contributed by atoms with E-state index in [2.05, 4.69) is 21.2 Å². The molecule has 0 unspecified atom stereocenters. The zero-order valence-electron chi connectivity index (χ0n) is 11.8. The first-order chi connectivity index (χ1) is 9.97. The maximum atomic E-state index is 12.1. The molecule has 6 heteroatoms. The van der Waals surface area contributed by atoms with E-state index in [0.29, 0.717) is 30.9 Å². The Morgan fingerprint density at radius 3 is 2.67 bits per heavy atom. The minimum absolute atomic E-state index is 0.000408. The van der Waals surface area contributed by atoms with Gasteiger partial charge in [0.25, 0.3) is 0 Å². The van der Waals surface area contributed by atoms with Crippen molar-refractivity contribution in [3.8, 4) is 5.75 Å². The monoisotopic (exact) mass is 355 g/mol. The number of hydrogen-bond donors (Lipinski definition) is 2. The fourth-order valence-corrected chi connectivity index (χ4v) is 2.81. The van der Waals surface area contributed by atoms with Gasteiger partial charge in [-0.15, -0.1) is 0 Å². The Labute approximate surface area is 131 Å².